The second kappa shape index (κ2) is 12.6. The average Bonchev–Trinajstić information content (AvgIpc) is 3.28. The minimum absolute atomic E-state index is 0.292. The number of pyridine rings is 1. The summed E-state index contributed by atoms with van der Waals surface area (Å²) in [6.45, 7) is 0.397. The molecular weight excluding hydrogens is 564 g/mol. The lowest BCUT2D eigenvalue weighted by molar-refractivity contribution is 0.0977. The van der Waals surface area contributed by atoms with Gasteiger partial charge in [0.05, 0.1) is 6.54 Å². The van der Waals surface area contributed by atoms with Crippen LogP contribution in [-0.2, 0) is 6.54 Å². The first-order valence-electron chi connectivity index (χ1n) is 12.4. The number of halogens is 1. The van der Waals surface area contributed by atoms with Crippen LogP contribution >= 0.6 is 35.7 Å². The molecule has 0 aliphatic rings. The number of amides is 1. The molecule has 0 aliphatic carbocycles. The quantitative estimate of drug-likeness (QED) is 0.120. The summed E-state index contributed by atoms with van der Waals surface area (Å²) in [6, 6.07) is 24.6. The molecule has 40 heavy (non-hydrogen) atoms. The molecule has 0 aliphatic heterocycles. The van der Waals surface area contributed by atoms with Gasteiger partial charge in [0.2, 0.25) is 0 Å². The second-order valence-corrected chi connectivity index (χ2v) is 10.9. The molecule has 0 radical (unpaired) electrons. The van der Waals surface area contributed by atoms with Gasteiger partial charge in [0.25, 0.3) is 11.5 Å². The molecular formula is C29H27ClN6O2S2. The Balaban J connectivity index is 1.64. The molecule has 2 aromatic heterocycles. The first-order chi connectivity index (χ1) is 19.5. The molecule has 3 aromatic carbocycles. The molecule has 0 saturated carbocycles. The Bertz CT molecular complexity index is 1740. The molecule has 0 spiro atoms. The Kier molecular flexibility index (Phi) is 8.71. The number of anilines is 2. The Morgan fingerprint density at radius 3 is 2.65 bits per heavy atom. The van der Waals surface area contributed by atoms with Gasteiger partial charge >= 0.3 is 0 Å². The van der Waals surface area contributed by atoms with E-state index in [0.29, 0.717) is 28.4 Å². The van der Waals surface area contributed by atoms with Crippen LogP contribution in [0.25, 0.3) is 22.0 Å². The molecule has 5 rings (SSSR count). The minimum Gasteiger partial charge on any atom is -0.388 e. The fourth-order valence-corrected chi connectivity index (χ4v) is 5.74. The van der Waals surface area contributed by atoms with Gasteiger partial charge in [-0.1, -0.05) is 35.9 Å². The second-order valence-electron chi connectivity index (χ2n) is 8.76. The van der Waals surface area contributed by atoms with Gasteiger partial charge in [0, 0.05) is 68.7 Å². The summed E-state index contributed by atoms with van der Waals surface area (Å²) in [5, 5.41) is 4.46. The molecule has 0 saturated heterocycles. The number of fused-ring (bicyclic) bond motifs is 1. The fraction of sp³-hybridized carbons (Fsp3) is 0.103. The van der Waals surface area contributed by atoms with Crippen molar-refractivity contribution in [3.63, 3.8) is 0 Å². The Morgan fingerprint density at radius 1 is 1.00 bits per heavy atom. The Labute approximate surface area is 245 Å². The van der Waals surface area contributed by atoms with Crippen molar-refractivity contribution in [2.75, 3.05) is 24.1 Å². The monoisotopic (exact) mass is 590 g/mol. The van der Waals surface area contributed by atoms with E-state index >= 15 is 0 Å². The molecule has 0 atom stereocenters. The van der Waals surface area contributed by atoms with Crippen LogP contribution < -0.4 is 25.0 Å². The molecule has 1 amide bonds. The predicted octanol–water partition coefficient (Wildman–Crippen LogP) is 6.37. The third-order valence-electron chi connectivity index (χ3n) is 6.31. The number of carbonyl (C=O) groups is 1. The van der Waals surface area contributed by atoms with Crippen molar-refractivity contribution in [2.45, 2.75) is 11.4 Å². The van der Waals surface area contributed by atoms with Gasteiger partial charge in [0.1, 0.15) is 5.69 Å². The van der Waals surface area contributed by atoms with Crippen LogP contribution in [0, 0.1) is 0 Å². The number of aromatic amines is 1. The van der Waals surface area contributed by atoms with Crippen molar-refractivity contribution < 1.29 is 4.79 Å². The maximum absolute atomic E-state index is 14.1. The van der Waals surface area contributed by atoms with Crippen LogP contribution in [0.4, 0.5) is 11.4 Å². The number of hydrogen-bond acceptors (Lipinski definition) is 7. The largest absolute Gasteiger partial charge is 0.388 e. The van der Waals surface area contributed by atoms with Crippen molar-refractivity contribution in [1.29, 1.82) is 0 Å². The summed E-state index contributed by atoms with van der Waals surface area (Å²) in [5.74, 6) is -0.333. The van der Waals surface area contributed by atoms with Crippen LogP contribution in [0.3, 0.4) is 0 Å². The van der Waals surface area contributed by atoms with E-state index in [0.717, 1.165) is 32.7 Å². The van der Waals surface area contributed by atoms with Crippen molar-refractivity contribution >= 4 is 63.9 Å². The van der Waals surface area contributed by atoms with E-state index in [4.69, 9.17) is 11.6 Å². The van der Waals surface area contributed by atoms with E-state index in [1.807, 2.05) is 73.3 Å². The lowest BCUT2D eigenvalue weighted by atomic mass is 10.0. The summed E-state index contributed by atoms with van der Waals surface area (Å²) in [6.07, 6.45) is 1.57. The molecule has 0 bridgehead atoms. The van der Waals surface area contributed by atoms with E-state index in [9.17, 15) is 9.59 Å². The highest BCUT2D eigenvalue weighted by atomic mass is 35.5. The van der Waals surface area contributed by atoms with Crippen LogP contribution in [0.1, 0.15) is 16.1 Å². The molecule has 8 nitrogen and oxygen atoms in total. The van der Waals surface area contributed by atoms with Crippen molar-refractivity contribution in [1.82, 2.24) is 19.0 Å². The lowest BCUT2D eigenvalue weighted by Crippen LogP contribution is -2.22. The Hall–Kier alpha value is -3.83. The van der Waals surface area contributed by atoms with Gasteiger partial charge in [-0.05, 0) is 79.2 Å². The zero-order valence-electron chi connectivity index (χ0n) is 21.7. The molecule has 5 N–H and O–H groups in total. The lowest BCUT2D eigenvalue weighted by Gasteiger charge is -2.15. The zero-order valence-corrected chi connectivity index (χ0v) is 24.1. The summed E-state index contributed by atoms with van der Waals surface area (Å²) >= 11 is 9.00. The highest BCUT2D eigenvalue weighted by molar-refractivity contribution is 7.98. The molecule has 0 fully saturated rings. The summed E-state index contributed by atoms with van der Waals surface area (Å²) < 4.78 is 11.1. The van der Waals surface area contributed by atoms with E-state index in [1.165, 1.54) is 24.1 Å². The van der Waals surface area contributed by atoms with Crippen LogP contribution in [0.15, 0.2) is 94.7 Å². The number of aromatic nitrogens is 2. The number of nitrogens with one attached hydrogen (secondary N) is 5. The van der Waals surface area contributed by atoms with Crippen molar-refractivity contribution in [3.05, 3.63) is 112 Å². The average molecular weight is 591 g/mol. The van der Waals surface area contributed by atoms with Gasteiger partial charge < -0.3 is 19.6 Å². The highest BCUT2D eigenvalue weighted by Crippen LogP contribution is 2.37. The minimum atomic E-state index is -0.333. The van der Waals surface area contributed by atoms with E-state index < -0.39 is 0 Å². The number of rotatable bonds is 10. The maximum atomic E-state index is 14.1. The number of nitrogens with zero attached hydrogens (tertiary/aromatic N) is 1. The summed E-state index contributed by atoms with van der Waals surface area (Å²) in [7, 11) is 3.69. The number of carbonyl (C=O) groups excluding carboxylic acids is 1. The van der Waals surface area contributed by atoms with E-state index in [1.54, 1.807) is 30.5 Å². The number of H-pyrrole nitrogens is 1. The number of hydrogen-bond donors (Lipinski definition) is 5. The standard InChI is InChI=1S/C29H27ClN6O2S2/c1-31-24-11-4-3-7-18(24)17-36-25-13-12-19(30)15-23(25)26(22-10-6-14-33-28(22)37)27(36)29(38)35-39-21-9-5-8-20(16-21)34-40-32-2/h3-16,31-32,34H,17H2,1-2H3,(H,33,37)(H,35,38). The Morgan fingerprint density at radius 2 is 1.85 bits per heavy atom. The summed E-state index contributed by atoms with van der Waals surface area (Å²) in [5.41, 5.74) is 4.62. The SMILES string of the molecule is CNSNc1cccc(SNC(=O)c2c(-c3ccc[nH]c3=O)c3cc(Cl)ccc3n2Cc2ccccc2NC)c1. The third-order valence-corrected chi connectivity index (χ3v) is 7.86. The first-order valence-corrected chi connectivity index (χ1v) is 14.4. The fourth-order valence-electron chi connectivity index (χ4n) is 4.58. The molecule has 204 valence electrons. The molecule has 5 aromatic rings. The van der Waals surface area contributed by atoms with Gasteiger partial charge in [-0.2, -0.15) is 0 Å². The van der Waals surface area contributed by atoms with Crippen LogP contribution in [-0.4, -0.2) is 29.6 Å². The predicted molar refractivity (Wildman–Crippen MR) is 168 cm³/mol. The normalized spacial score (nSPS) is 11.0. The number of para-hydroxylation sites is 1. The van der Waals surface area contributed by atoms with Gasteiger partial charge in [0.15, 0.2) is 0 Å². The van der Waals surface area contributed by atoms with Crippen LogP contribution in [0.2, 0.25) is 5.02 Å². The van der Waals surface area contributed by atoms with Gasteiger partial charge in [-0.15, -0.1) is 0 Å². The zero-order chi connectivity index (χ0) is 28.1. The molecule has 11 heteroatoms. The maximum Gasteiger partial charge on any atom is 0.278 e. The van der Waals surface area contributed by atoms with Gasteiger partial charge in [-0.3, -0.25) is 14.3 Å². The smallest absolute Gasteiger partial charge is 0.278 e. The topological polar surface area (TPSA) is 103 Å². The van der Waals surface area contributed by atoms with Crippen LogP contribution in [0.5, 0.6) is 0 Å². The first kappa shape index (κ1) is 27.7. The third kappa shape index (κ3) is 5.85. The summed E-state index contributed by atoms with van der Waals surface area (Å²) in [4.78, 5) is 30.7. The van der Waals surface area contributed by atoms with Gasteiger partial charge in [-0.25, -0.2) is 4.72 Å². The van der Waals surface area contributed by atoms with E-state index in [-0.39, 0.29) is 11.5 Å². The van der Waals surface area contributed by atoms with Crippen molar-refractivity contribution in [3.8, 4) is 11.1 Å². The van der Waals surface area contributed by atoms with Crippen molar-refractivity contribution in [2.24, 2.45) is 0 Å². The molecule has 0 unspecified atom stereocenters. The number of benzene rings is 3. The van der Waals surface area contributed by atoms with E-state index in [2.05, 4.69) is 24.5 Å². The molecule has 2 heterocycles. The highest BCUT2D eigenvalue weighted by Gasteiger charge is 2.26.